The number of carbonyl (C=O) groups excluding carboxylic acids is 1. The van der Waals surface area contributed by atoms with Gasteiger partial charge < -0.3 is 9.64 Å². The Bertz CT molecular complexity index is 642. The molecule has 1 aliphatic heterocycles. The quantitative estimate of drug-likeness (QED) is 0.815. The average Bonchev–Trinajstić information content (AvgIpc) is 2.88. The van der Waals surface area contributed by atoms with Crippen LogP contribution in [-0.4, -0.2) is 65.0 Å². The second-order valence-corrected chi connectivity index (χ2v) is 5.78. The first-order valence-corrected chi connectivity index (χ1v) is 8.27. The van der Waals surface area contributed by atoms with Crippen molar-refractivity contribution in [2.75, 3.05) is 39.3 Å². The van der Waals surface area contributed by atoms with Crippen molar-refractivity contribution >= 4 is 18.3 Å². The van der Waals surface area contributed by atoms with Gasteiger partial charge in [-0.15, -0.1) is 12.4 Å². The van der Waals surface area contributed by atoms with Crippen LogP contribution >= 0.6 is 12.4 Å². The highest BCUT2D eigenvalue weighted by molar-refractivity contribution is 5.93. The minimum absolute atomic E-state index is 0. The van der Waals surface area contributed by atoms with Gasteiger partial charge in [0.2, 0.25) is 0 Å². The van der Waals surface area contributed by atoms with Crippen LogP contribution < -0.4 is 4.74 Å². The normalized spacial score (nSPS) is 15.1. The fourth-order valence-electron chi connectivity index (χ4n) is 2.80. The maximum Gasteiger partial charge on any atom is 0.257 e. The van der Waals surface area contributed by atoms with Gasteiger partial charge in [-0.1, -0.05) is 18.2 Å². The lowest BCUT2D eigenvalue weighted by Crippen LogP contribution is -2.36. The van der Waals surface area contributed by atoms with E-state index in [1.807, 2.05) is 35.2 Å². The Morgan fingerprint density at radius 2 is 1.80 bits per heavy atom. The first kappa shape index (κ1) is 19.1. The second kappa shape index (κ2) is 9.96. The number of hydrogen-bond acceptors (Lipinski definition) is 5. The summed E-state index contributed by atoms with van der Waals surface area (Å²) in [5.41, 5.74) is 0.554. The zero-order valence-corrected chi connectivity index (χ0v) is 14.9. The van der Waals surface area contributed by atoms with Gasteiger partial charge in [0.05, 0.1) is 5.56 Å². The van der Waals surface area contributed by atoms with Gasteiger partial charge in [-0.25, -0.2) is 9.97 Å². The van der Waals surface area contributed by atoms with E-state index in [0.717, 1.165) is 44.9 Å². The van der Waals surface area contributed by atoms with E-state index in [2.05, 4.69) is 14.9 Å². The molecular formula is C18H23ClN4O2. The highest BCUT2D eigenvalue weighted by Gasteiger charge is 2.20. The molecule has 2 heterocycles. The predicted octanol–water partition coefficient (Wildman–Crippen LogP) is 2.13. The van der Waals surface area contributed by atoms with E-state index in [9.17, 15) is 4.79 Å². The third-order valence-electron chi connectivity index (χ3n) is 4.10. The summed E-state index contributed by atoms with van der Waals surface area (Å²) >= 11 is 0. The fourth-order valence-corrected chi connectivity index (χ4v) is 2.80. The Morgan fingerprint density at radius 3 is 2.56 bits per heavy atom. The minimum Gasteiger partial charge on any atom is -0.492 e. The molecule has 1 aromatic heterocycles. The molecule has 0 atom stereocenters. The Balaban J connectivity index is 0.00000225. The Morgan fingerprint density at radius 1 is 1.04 bits per heavy atom. The fraction of sp³-hybridized carbons (Fsp3) is 0.389. The lowest BCUT2D eigenvalue weighted by atomic mass is 10.3. The van der Waals surface area contributed by atoms with Crippen LogP contribution in [0.25, 0.3) is 0 Å². The number of rotatable bonds is 5. The SMILES string of the molecule is Cl.O=C(c1cncnc1)N1CCCN(CCOc2ccccc2)CC1. The van der Waals surface area contributed by atoms with Crippen LogP contribution in [0.4, 0.5) is 0 Å². The summed E-state index contributed by atoms with van der Waals surface area (Å²) in [5, 5.41) is 0. The standard InChI is InChI=1S/C18H22N4O2.ClH/c23-18(16-13-19-15-20-14-16)22-8-4-7-21(9-10-22)11-12-24-17-5-2-1-3-6-17;/h1-3,5-6,13-15H,4,7-12H2;1H. The van der Waals surface area contributed by atoms with Gasteiger partial charge in [-0.3, -0.25) is 9.69 Å². The van der Waals surface area contributed by atoms with E-state index in [1.165, 1.54) is 6.33 Å². The smallest absolute Gasteiger partial charge is 0.257 e. The Labute approximate surface area is 154 Å². The third kappa shape index (κ3) is 5.69. The number of para-hydroxylation sites is 1. The van der Waals surface area contributed by atoms with Crippen LogP contribution in [-0.2, 0) is 0 Å². The zero-order valence-electron chi connectivity index (χ0n) is 14.1. The van der Waals surface area contributed by atoms with Gasteiger partial charge in [0.15, 0.2) is 0 Å². The predicted molar refractivity (Wildman–Crippen MR) is 98.2 cm³/mol. The third-order valence-corrected chi connectivity index (χ3v) is 4.10. The largest absolute Gasteiger partial charge is 0.492 e. The summed E-state index contributed by atoms with van der Waals surface area (Å²) in [6.45, 7) is 4.85. The Kier molecular flexibility index (Phi) is 7.63. The van der Waals surface area contributed by atoms with Crippen LogP contribution in [0.5, 0.6) is 5.75 Å². The van der Waals surface area contributed by atoms with E-state index >= 15 is 0 Å². The molecule has 134 valence electrons. The van der Waals surface area contributed by atoms with Crippen molar-refractivity contribution in [2.45, 2.75) is 6.42 Å². The van der Waals surface area contributed by atoms with Gasteiger partial charge in [0.1, 0.15) is 18.7 Å². The van der Waals surface area contributed by atoms with Crippen molar-refractivity contribution in [3.05, 3.63) is 54.6 Å². The van der Waals surface area contributed by atoms with Crippen molar-refractivity contribution in [1.29, 1.82) is 0 Å². The van der Waals surface area contributed by atoms with Gasteiger partial charge in [0.25, 0.3) is 5.91 Å². The van der Waals surface area contributed by atoms with Gasteiger partial charge in [-0.05, 0) is 18.6 Å². The molecule has 0 spiro atoms. The zero-order chi connectivity index (χ0) is 16.6. The van der Waals surface area contributed by atoms with Crippen LogP contribution in [0.2, 0.25) is 0 Å². The molecule has 7 heteroatoms. The van der Waals surface area contributed by atoms with Crippen molar-refractivity contribution < 1.29 is 9.53 Å². The lowest BCUT2D eigenvalue weighted by Gasteiger charge is -2.22. The van der Waals surface area contributed by atoms with Gasteiger partial charge in [0, 0.05) is 45.1 Å². The molecule has 3 rings (SSSR count). The lowest BCUT2D eigenvalue weighted by molar-refractivity contribution is 0.0760. The van der Waals surface area contributed by atoms with E-state index in [4.69, 9.17) is 4.74 Å². The molecule has 0 bridgehead atoms. The average molecular weight is 363 g/mol. The molecular weight excluding hydrogens is 340 g/mol. The van der Waals surface area contributed by atoms with E-state index in [0.29, 0.717) is 12.2 Å². The molecule has 1 aromatic carbocycles. The first-order chi connectivity index (χ1) is 11.8. The molecule has 0 N–H and O–H groups in total. The number of nitrogens with zero attached hydrogens (tertiary/aromatic N) is 4. The van der Waals surface area contributed by atoms with Crippen LogP contribution in [0, 0.1) is 0 Å². The highest BCUT2D eigenvalue weighted by Crippen LogP contribution is 2.10. The van der Waals surface area contributed by atoms with E-state index in [1.54, 1.807) is 12.4 Å². The molecule has 1 fully saturated rings. The van der Waals surface area contributed by atoms with Crippen molar-refractivity contribution in [3.63, 3.8) is 0 Å². The van der Waals surface area contributed by atoms with Crippen LogP contribution in [0.1, 0.15) is 16.8 Å². The molecule has 0 unspecified atom stereocenters. The molecule has 2 aromatic rings. The molecule has 0 saturated carbocycles. The van der Waals surface area contributed by atoms with Crippen LogP contribution in [0.3, 0.4) is 0 Å². The monoisotopic (exact) mass is 362 g/mol. The van der Waals surface area contributed by atoms with Crippen molar-refractivity contribution in [1.82, 2.24) is 19.8 Å². The van der Waals surface area contributed by atoms with Crippen LogP contribution in [0.15, 0.2) is 49.1 Å². The molecule has 1 amide bonds. The first-order valence-electron chi connectivity index (χ1n) is 8.27. The summed E-state index contributed by atoms with van der Waals surface area (Å²) in [6.07, 6.45) is 5.55. The molecule has 6 nitrogen and oxygen atoms in total. The second-order valence-electron chi connectivity index (χ2n) is 5.78. The number of benzene rings is 1. The molecule has 1 saturated heterocycles. The maximum atomic E-state index is 12.5. The van der Waals surface area contributed by atoms with Gasteiger partial charge >= 0.3 is 0 Å². The van der Waals surface area contributed by atoms with E-state index < -0.39 is 0 Å². The van der Waals surface area contributed by atoms with Gasteiger partial charge in [-0.2, -0.15) is 0 Å². The summed E-state index contributed by atoms with van der Waals surface area (Å²) in [7, 11) is 0. The Hall–Kier alpha value is -2.18. The number of hydrogen-bond donors (Lipinski definition) is 0. The topological polar surface area (TPSA) is 58.6 Å². The minimum atomic E-state index is 0. The number of halogens is 1. The summed E-state index contributed by atoms with van der Waals surface area (Å²) < 4.78 is 5.75. The molecule has 25 heavy (non-hydrogen) atoms. The summed E-state index contributed by atoms with van der Waals surface area (Å²) in [6, 6.07) is 9.84. The summed E-state index contributed by atoms with van der Waals surface area (Å²) in [4.78, 5) is 24.5. The molecule has 1 aliphatic rings. The number of ether oxygens (including phenoxy) is 1. The molecule has 0 aliphatic carbocycles. The van der Waals surface area contributed by atoms with Crippen molar-refractivity contribution in [3.8, 4) is 5.75 Å². The summed E-state index contributed by atoms with van der Waals surface area (Å²) in [5.74, 6) is 0.909. The van der Waals surface area contributed by atoms with E-state index in [-0.39, 0.29) is 18.3 Å². The maximum absolute atomic E-state index is 12.5. The molecule has 0 radical (unpaired) electrons. The van der Waals surface area contributed by atoms with Crippen molar-refractivity contribution in [2.24, 2.45) is 0 Å². The number of aromatic nitrogens is 2. The number of carbonyl (C=O) groups is 1. The highest BCUT2D eigenvalue weighted by atomic mass is 35.5. The number of amides is 1.